The van der Waals surface area contributed by atoms with E-state index in [1.54, 1.807) is 45.5 Å². The molecule has 6 nitrogen and oxygen atoms in total. The molecule has 0 spiro atoms. The Morgan fingerprint density at radius 1 is 1.30 bits per heavy atom. The smallest absolute Gasteiger partial charge is 0.243 e. The summed E-state index contributed by atoms with van der Waals surface area (Å²) in [7, 11) is 3.36. The molecular weight excluding hydrogens is 297 g/mol. The first-order valence-electron chi connectivity index (χ1n) is 7.11. The van der Waals surface area contributed by atoms with Crippen LogP contribution in [-0.4, -0.2) is 44.7 Å². The van der Waals surface area contributed by atoms with Crippen LogP contribution < -0.4 is 0 Å². The van der Waals surface area contributed by atoms with E-state index >= 15 is 0 Å². The molecule has 3 aromatic rings. The van der Waals surface area contributed by atoms with E-state index in [1.165, 1.54) is 15.6 Å². The van der Waals surface area contributed by atoms with Crippen LogP contribution in [0.2, 0.25) is 0 Å². The Hall–Kier alpha value is -2.83. The van der Waals surface area contributed by atoms with Gasteiger partial charge in [-0.15, -0.1) is 0 Å². The van der Waals surface area contributed by atoms with Gasteiger partial charge in [0.2, 0.25) is 5.91 Å². The van der Waals surface area contributed by atoms with Gasteiger partial charge in [-0.2, -0.15) is 5.10 Å². The average molecular weight is 313 g/mol. The minimum atomic E-state index is -0.291. The van der Waals surface area contributed by atoms with E-state index in [1.807, 2.05) is 0 Å². The van der Waals surface area contributed by atoms with Crippen molar-refractivity contribution in [1.82, 2.24) is 24.6 Å². The number of carbonyl (C=O) groups excluding carboxylic acids is 1. The summed E-state index contributed by atoms with van der Waals surface area (Å²) in [4.78, 5) is 22.1. The third-order valence-corrected chi connectivity index (χ3v) is 3.60. The largest absolute Gasteiger partial charge is 0.347 e. The fraction of sp³-hybridized carbons (Fsp3) is 0.250. The molecule has 1 amide bonds. The lowest BCUT2D eigenvalue weighted by atomic mass is 10.1. The summed E-state index contributed by atoms with van der Waals surface area (Å²) in [5.74, 6) is -0.385. The molecule has 0 atom stereocenters. The highest BCUT2D eigenvalue weighted by Gasteiger charge is 2.13. The van der Waals surface area contributed by atoms with Gasteiger partial charge in [0.25, 0.3) is 0 Å². The lowest BCUT2D eigenvalue weighted by molar-refractivity contribution is -0.129. The first kappa shape index (κ1) is 15.1. The Balaban J connectivity index is 2.03. The van der Waals surface area contributed by atoms with E-state index in [0.717, 1.165) is 0 Å². The molecule has 0 unspecified atom stereocenters. The van der Waals surface area contributed by atoms with Gasteiger partial charge in [-0.05, 0) is 18.6 Å². The summed E-state index contributed by atoms with van der Waals surface area (Å²) in [6, 6.07) is 4.92. The van der Waals surface area contributed by atoms with Crippen molar-refractivity contribution in [3.8, 4) is 11.3 Å². The molecule has 3 rings (SSSR count). The van der Waals surface area contributed by atoms with Gasteiger partial charge in [0, 0.05) is 19.7 Å². The number of nitrogens with zero attached hydrogens (tertiary/aromatic N) is 5. The monoisotopic (exact) mass is 313 g/mol. The highest BCUT2D eigenvalue weighted by molar-refractivity contribution is 5.79. The van der Waals surface area contributed by atoms with E-state index in [0.29, 0.717) is 28.0 Å². The SMILES string of the molecule is Cc1ccc(-c2cnc3cnn(CC(=O)N(C)C)c3n2)cc1F. The zero-order chi connectivity index (χ0) is 16.6. The molecule has 0 saturated heterocycles. The maximum Gasteiger partial charge on any atom is 0.243 e. The van der Waals surface area contributed by atoms with E-state index in [2.05, 4.69) is 15.1 Å². The zero-order valence-electron chi connectivity index (χ0n) is 13.1. The number of hydrogen-bond donors (Lipinski definition) is 0. The molecule has 0 saturated carbocycles. The Morgan fingerprint density at radius 2 is 2.09 bits per heavy atom. The van der Waals surface area contributed by atoms with Gasteiger partial charge in [-0.3, -0.25) is 4.79 Å². The van der Waals surface area contributed by atoms with Crippen molar-refractivity contribution in [1.29, 1.82) is 0 Å². The van der Waals surface area contributed by atoms with Gasteiger partial charge in [-0.25, -0.2) is 19.0 Å². The number of aryl methyl sites for hydroxylation is 1. The fourth-order valence-electron chi connectivity index (χ4n) is 2.13. The predicted molar refractivity (Wildman–Crippen MR) is 84.1 cm³/mol. The molecule has 2 heterocycles. The highest BCUT2D eigenvalue weighted by Crippen LogP contribution is 2.21. The van der Waals surface area contributed by atoms with Gasteiger partial charge in [-0.1, -0.05) is 12.1 Å². The molecule has 0 radical (unpaired) electrons. The number of hydrogen-bond acceptors (Lipinski definition) is 4. The van der Waals surface area contributed by atoms with Gasteiger partial charge >= 0.3 is 0 Å². The van der Waals surface area contributed by atoms with Crippen molar-refractivity contribution in [3.05, 3.63) is 42.0 Å². The van der Waals surface area contributed by atoms with Crippen LogP contribution in [0.15, 0.2) is 30.6 Å². The maximum absolute atomic E-state index is 13.7. The second-order valence-electron chi connectivity index (χ2n) is 5.52. The molecule has 0 aliphatic heterocycles. The van der Waals surface area contributed by atoms with Crippen LogP contribution in [0.1, 0.15) is 5.56 Å². The Bertz CT molecular complexity index is 887. The van der Waals surface area contributed by atoms with Crippen LogP contribution in [0.5, 0.6) is 0 Å². The summed E-state index contributed by atoms with van der Waals surface area (Å²) in [5.41, 5.74) is 2.83. The maximum atomic E-state index is 13.7. The molecule has 0 bridgehead atoms. The molecule has 1 aromatic carbocycles. The summed E-state index contributed by atoms with van der Waals surface area (Å²) in [6.07, 6.45) is 3.14. The van der Waals surface area contributed by atoms with Gasteiger partial charge in [0.1, 0.15) is 17.9 Å². The quantitative estimate of drug-likeness (QED) is 0.742. The second kappa shape index (κ2) is 5.75. The molecule has 0 N–H and O–H groups in total. The number of benzene rings is 1. The van der Waals surface area contributed by atoms with Crippen LogP contribution >= 0.6 is 0 Å². The summed E-state index contributed by atoms with van der Waals surface area (Å²) < 4.78 is 15.2. The minimum absolute atomic E-state index is 0.0803. The van der Waals surface area contributed by atoms with Crippen molar-refractivity contribution >= 4 is 17.1 Å². The third kappa shape index (κ3) is 2.90. The zero-order valence-corrected chi connectivity index (χ0v) is 13.1. The Kier molecular flexibility index (Phi) is 3.77. The van der Waals surface area contributed by atoms with Gasteiger partial charge < -0.3 is 4.90 Å². The van der Waals surface area contributed by atoms with Crippen molar-refractivity contribution in [2.45, 2.75) is 13.5 Å². The van der Waals surface area contributed by atoms with Crippen molar-refractivity contribution < 1.29 is 9.18 Å². The van der Waals surface area contributed by atoms with E-state index in [-0.39, 0.29) is 18.3 Å². The molecule has 118 valence electrons. The molecule has 2 aromatic heterocycles. The van der Waals surface area contributed by atoms with Crippen LogP contribution in [0, 0.1) is 12.7 Å². The van der Waals surface area contributed by atoms with Gasteiger partial charge in [0.05, 0.1) is 18.1 Å². The third-order valence-electron chi connectivity index (χ3n) is 3.60. The van der Waals surface area contributed by atoms with Crippen molar-refractivity contribution in [3.63, 3.8) is 0 Å². The van der Waals surface area contributed by atoms with Crippen molar-refractivity contribution in [2.75, 3.05) is 14.1 Å². The normalized spacial score (nSPS) is 11.0. The molecule has 0 aliphatic carbocycles. The number of halogens is 1. The number of amides is 1. The number of fused-ring (bicyclic) bond motifs is 1. The predicted octanol–water partition coefficient (Wildman–Crippen LogP) is 2.03. The number of aromatic nitrogens is 4. The summed E-state index contributed by atoms with van der Waals surface area (Å²) in [5, 5.41) is 4.15. The van der Waals surface area contributed by atoms with Crippen LogP contribution in [0.3, 0.4) is 0 Å². The fourth-order valence-corrected chi connectivity index (χ4v) is 2.13. The number of likely N-dealkylation sites (N-methyl/N-ethyl adjacent to an activating group) is 1. The summed E-state index contributed by atoms with van der Waals surface area (Å²) >= 11 is 0. The second-order valence-corrected chi connectivity index (χ2v) is 5.52. The Labute approximate surface area is 132 Å². The van der Waals surface area contributed by atoms with Crippen LogP contribution in [0.4, 0.5) is 4.39 Å². The van der Waals surface area contributed by atoms with Gasteiger partial charge in [0.15, 0.2) is 5.65 Å². The number of rotatable bonds is 3. The first-order valence-corrected chi connectivity index (χ1v) is 7.11. The molecule has 7 heteroatoms. The standard InChI is InChI=1S/C16H16FN5O/c1-10-4-5-11(6-12(10)17)13-7-18-14-8-19-22(16(14)20-13)9-15(23)21(2)3/h4-8H,9H2,1-3H3. The topological polar surface area (TPSA) is 63.9 Å². The molecule has 23 heavy (non-hydrogen) atoms. The van der Waals surface area contributed by atoms with Crippen molar-refractivity contribution in [2.24, 2.45) is 0 Å². The first-order chi connectivity index (χ1) is 11.0. The van der Waals surface area contributed by atoms with Crippen LogP contribution in [0.25, 0.3) is 22.4 Å². The van der Waals surface area contributed by atoms with Crippen LogP contribution in [-0.2, 0) is 11.3 Å². The molecule has 0 fully saturated rings. The molecule has 0 aliphatic rings. The Morgan fingerprint density at radius 3 is 2.78 bits per heavy atom. The van der Waals surface area contributed by atoms with E-state index in [4.69, 9.17) is 0 Å². The highest BCUT2D eigenvalue weighted by atomic mass is 19.1. The van der Waals surface area contributed by atoms with E-state index in [9.17, 15) is 9.18 Å². The van der Waals surface area contributed by atoms with E-state index < -0.39 is 0 Å². The lowest BCUT2D eigenvalue weighted by Gasteiger charge is -2.10. The summed E-state index contributed by atoms with van der Waals surface area (Å²) in [6.45, 7) is 1.78. The molecular formula is C16H16FN5O. The average Bonchev–Trinajstić information content (AvgIpc) is 2.92. The lowest BCUT2D eigenvalue weighted by Crippen LogP contribution is -2.26. The number of carbonyl (C=O) groups is 1. The minimum Gasteiger partial charge on any atom is -0.347 e.